The topological polar surface area (TPSA) is 55.0 Å². The minimum atomic E-state index is 0.389. The van der Waals surface area contributed by atoms with Gasteiger partial charge in [-0.3, -0.25) is 0 Å². The van der Waals surface area contributed by atoms with Crippen molar-refractivity contribution < 1.29 is 0 Å². The van der Waals surface area contributed by atoms with Gasteiger partial charge in [-0.1, -0.05) is 43.5 Å². The molecule has 0 bridgehead atoms. The van der Waals surface area contributed by atoms with Gasteiger partial charge in [0.2, 0.25) is 0 Å². The maximum atomic E-state index is 6.20. The van der Waals surface area contributed by atoms with E-state index in [2.05, 4.69) is 34.1 Å². The van der Waals surface area contributed by atoms with Gasteiger partial charge in [0.05, 0.1) is 5.52 Å². The van der Waals surface area contributed by atoms with Gasteiger partial charge in [-0.25, -0.2) is 9.97 Å². The monoisotopic (exact) mass is 386 g/mol. The quantitative estimate of drug-likeness (QED) is 0.632. The van der Waals surface area contributed by atoms with Crippen LogP contribution in [0.15, 0.2) is 48.5 Å². The molecule has 2 aliphatic rings. The fourth-order valence-corrected chi connectivity index (χ4v) is 5.09. The van der Waals surface area contributed by atoms with Gasteiger partial charge < -0.3 is 10.6 Å². The van der Waals surface area contributed by atoms with E-state index < -0.39 is 0 Å². The fourth-order valence-electron chi connectivity index (χ4n) is 5.09. The van der Waals surface area contributed by atoms with Crippen LogP contribution in [0.3, 0.4) is 0 Å². The number of hydrogen-bond donors (Lipinski definition) is 1. The third kappa shape index (κ3) is 3.81. The van der Waals surface area contributed by atoms with Gasteiger partial charge in [0, 0.05) is 30.1 Å². The number of hydrogen-bond acceptors (Lipinski definition) is 4. The molecule has 1 saturated heterocycles. The molecule has 4 heteroatoms. The second kappa shape index (κ2) is 8.02. The predicted molar refractivity (Wildman–Crippen MR) is 120 cm³/mol. The van der Waals surface area contributed by atoms with Crippen molar-refractivity contribution in [2.24, 2.45) is 0 Å². The van der Waals surface area contributed by atoms with Crippen molar-refractivity contribution in [3.63, 3.8) is 0 Å². The lowest BCUT2D eigenvalue weighted by Crippen LogP contribution is -2.33. The van der Waals surface area contributed by atoms with Crippen LogP contribution in [0.25, 0.3) is 10.9 Å². The molecular formula is C25H30N4. The molecule has 1 aromatic heterocycles. The van der Waals surface area contributed by atoms with E-state index in [1.54, 1.807) is 0 Å². The first-order valence-electron chi connectivity index (χ1n) is 11.1. The van der Waals surface area contributed by atoms with E-state index in [0.29, 0.717) is 11.7 Å². The molecule has 2 heterocycles. The Balaban J connectivity index is 1.26. The van der Waals surface area contributed by atoms with E-state index in [1.807, 2.05) is 24.3 Å². The summed E-state index contributed by atoms with van der Waals surface area (Å²) < 4.78 is 0. The average molecular weight is 387 g/mol. The highest BCUT2D eigenvalue weighted by Crippen LogP contribution is 2.35. The molecule has 29 heavy (non-hydrogen) atoms. The molecule has 0 radical (unpaired) electrons. The Kier molecular flexibility index (Phi) is 5.09. The van der Waals surface area contributed by atoms with Crippen LogP contribution in [0, 0.1) is 0 Å². The van der Waals surface area contributed by atoms with E-state index in [9.17, 15) is 0 Å². The van der Waals surface area contributed by atoms with Crippen molar-refractivity contribution in [1.29, 1.82) is 0 Å². The van der Waals surface area contributed by atoms with Crippen molar-refractivity contribution in [2.75, 3.05) is 23.7 Å². The van der Waals surface area contributed by atoms with Gasteiger partial charge in [-0.2, -0.15) is 0 Å². The maximum absolute atomic E-state index is 6.20. The molecule has 1 aliphatic carbocycles. The van der Waals surface area contributed by atoms with Gasteiger partial charge in [0.1, 0.15) is 11.6 Å². The van der Waals surface area contributed by atoms with Crippen LogP contribution in [0.1, 0.15) is 68.2 Å². The van der Waals surface area contributed by atoms with Crippen molar-refractivity contribution in [2.45, 2.75) is 56.8 Å². The van der Waals surface area contributed by atoms with Crippen LogP contribution in [0.2, 0.25) is 0 Å². The zero-order valence-corrected chi connectivity index (χ0v) is 17.1. The van der Waals surface area contributed by atoms with Crippen molar-refractivity contribution in [1.82, 2.24) is 9.97 Å². The minimum absolute atomic E-state index is 0.389. The van der Waals surface area contributed by atoms with Crippen LogP contribution in [-0.2, 0) is 0 Å². The third-order valence-electron chi connectivity index (χ3n) is 6.84. The second-order valence-corrected chi connectivity index (χ2v) is 8.67. The number of nitrogens with two attached hydrogens (primary N) is 1. The van der Waals surface area contributed by atoms with Crippen LogP contribution in [0.4, 0.5) is 11.5 Å². The number of benzene rings is 2. The summed E-state index contributed by atoms with van der Waals surface area (Å²) in [6.45, 7) is 2.09. The summed E-state index contributed by atoms with van der Waals surface area (Å²) in [5.74, 6) is 2.68. The summed E-state index contributed by atoms with van der Waals surface area (Å²) in [6.07, 6.45) is 9.06. The van der Waals surface area contributed by atoms with E-state index in [-0.39, 0.29) is 0 Å². The van der Waals surface area contributed by atoms with Gasteiger partial charge in [-0.05, 0) is 61.4 Å². The summed E-state index contributed by atoms with van der Waals surface area (Å²) >= 11 is 0. The lowest BCUT2D eigenvalue weighted by Gasteiger charge is -2.33. The molecule has 0 atom stereocenters. The SMILES string of the molecule is Nc1nc(C2CCN(c3ccc(C4CCCCC4)cc3)CC2)nc2ccccc12. The van der Waals surface area contributed by atoms with Crippen LogP contribution >= 0.6 is 0 Å². The third-order valence-corrected chi connectivity index (χ3v) is 6.84. The first-order valence-corrected chi connectivity index (χ1v) is 11.1. The molecule has 2 fully saturated rings. The first kappa shape index (κ1) is 18.4. The number of anilines is 2. The Morgan fingerprint density at radius 3 is 2.24 bits per heavy atom. The highest BCUT2D eigenvalue weighted by molar-refractivity contribution is 5.87. The molecule has 2 N–H and O–H groups in total. The van der Waals surface area contributed by atoms with Gasteiger partial charge in [0.15, 0.2) is 0 Å². The summed E-state index contributed by atoms with van der Waals surface area (Å²) in [5, 5.41) is 0.951. The molecular weight excluding hydrogens is 356 g/mol. The predicted octanol–water partition coefficient (Wildman–Crippen LogP) is 5.64. The minimum Gasteiger partial charge on any atom is -0.383 e. The Labute approximate surface area is 173 Å². The van der Waals surface area contributed by atoms with Crippen LogP contribution in [-0.4, -0.2) is 23.1 Å². The zero-order valence-electron chi connectivity index (χ0n) is 17.1. The van der Waals surface area contributed by atoms with Crippen molar-refractivity contribution in [3.05, 3.63) is 59.9 Å². The van der Waals surface area contributed by atoms with Crippen LogP contribution < -0.4 is 10.6 Å². The normalized spacial score (nSPS) is 19.0. The van der Waals surface area contributed by atoms with E-state index in [4.69, 9.17) is 10.7 Å². The first-order chi connectivity index (χ1) is 14.3. The van der Waals surface area contributed by atoms with Crippen molar-refractivity contribution in [3.8, 4) is 0 Å². The van der Waals surface area contributed by atoms with Crippen molar-refractivity contribution >= 4 is 22.4 Å². The molecule has 3 aromatic rings. The molecule has 4 nitrogen and oxygen atoms in total. The maximum Gasteiger partial charge on any atom is 0.135 e. The lowest BCUT2D eigenvalue weighted by atomic mass is 9.84. The highest BCUT2D eigenvalue weighted by atomic mass is 15.1. The molecule has 1 aliphatic heterocycles. The largest absolute Gasteiger partial charge is 0.383 e. The smallest absolute Gasteiger partial charge is 0.135 e. The fraction of sp³-hybridized carbons (Fsp3) is 0.440. The number of nitrogen functional groups attached to an aromatic ring is 1. The Hall–Kier alpha value is -2.62. The Morgan fingerprint density at radius 1 is 0.759 bits per heavy atom. The Bertz CT molecular complexity index is 968. The molecule has 0 spiro atoms. The number of piperidine rings is 1. The summed E-state index contributed by atoms with van der Waals surface area (Å²) in [7, 11) is 0. The van der Waals surface area contributed by atoms with E-state index in [0.717, 1.165) is 48.6 Å². The second-order valence-electron chi connectivity index (χ2n) is 8.67. The van der Waals surface area contributed by atoms with Crippen LogP contribution in [0.5, 0.6) is 0 Å². The Morgan fingerprint density at radius 2 is 1.48 bits per heavy atom. The standard InChI is InChI=1S/C25H30N4/c26-24-22-8-4-5-9-23(22)27-25(28-24)20-14-16-29(17-15-20)21-12-10-19(11-13-21)18-6-2-1-3-7-18/h4-5,8-13,18,20H,1-3,6-7,14-17H2,(H2,26,27,28). The summed E-state index contributed by atoms with van der Waals surface area (Å²) in [6, 6.07) is 17.4. The molecule has 1 saturated carbocycles. The number of para-hydroxylation sites is 1. The number of fused-ring (bicyclic) bond motifs is 1. The van der Waals surface area contributed by atoms with Gasteiger partial charge >= 0.3 is 0 Å². The zero-order chi connectivity index (χ0) is 19.6. The number of nitrogens with zero attached hydrogens (tertiary/aromatic N) is 3. The average Bonchev–Trinajstić information content (AvgIpc) is 2.80. The highest BCUT2D eigenvalue weighted by Gasteiger charge is 2.24. The number of rotatable bonds is 3. The van der Waals surface area contributed by atoms with E-state index in [1.165, 1.54) is 43.4 Å². The van der Waals surface area contributed by atoms with E-state index >= 15 is 0 Å². The molecule has 5 rings (SSSR count). The summed E-state index contributed by atoms with van der Waals surface area (Å²) in [4.78, 5) is 12.0. The van der Waals surface area contributed by atoms with Gasteiger partial charge in [-0.15, -0.1) is 0 Å². The molecule has 0 unspecified atom stereocenters. The molecule has 0 amide bonds. The molecule has 2 aromatic carbocycles. The number of aromatic nitrogens is 2. The van der Waals surface area contributed by atoms with Gasteiger partial charge in [0.25, 0.3) is 0 Å². The lowest BCUT2D eigenvalue weighted by molar-refractivity contribution is 0.443. The summed E-state index contributed by atoms with van der Waals surface area (Å²) in [5.41, 5.74) is 10.0. The molecule has 150 valence electrons.